The van der Waals surface area contributed by atoms with E-state index in [0.29, 0.717) is 6.54 Å². The molecule has 0 saturated carbocycles. The van der Waals surface area contributed by atoms with Gasteiger partial charge in [-0.1, -0.05) is 0 Å². The Bertz CT molecular complexity index is 452. The van der Waals surface area contributed by atoms with Gasteiger partial charge in [-0.25, -0.2) is 8.78 Å². The molecule has 17 heavy (non-hydrogen) atoms. The van der Waals surface area contributed by atoms with Gasteiger partial charge in [0.05, 0.1) is 11.4 Å². The zero-order chi connectivity index (χ0) is 12.6. The number of likely N-dealkylation sites (tertiary alicyclic amines) is 1. The van der Waals surface area contributed by atoms with Crippen LogP contribution in [0.1, 0.15) is 24.9 Å². The van der Waals surface area contributed by atoms with E-state index in [9.17, 15) is 13.6 Å². The summed E-state index contributed by atoms with van der Waals surface area (Å²) in [7, 11) is 0. The Labute approximate surface area is 103 Å². The molecule has 0 aromatic heterocycles. The fourth-order valence-electron chi connectivity index (χ4n) is 2.06. The average molecular weight is 260 g/mol. The molecule has 1 amide bonds. The van der Waals surface area contributed by atoms with E-state index in [1.54, 1.807) is 6.92 Å². The van der Waals surface area contributed by atoms with Crippen molar-refractivity contribution < 1.29 is 13.6 Å². The van der Waals surface area contributed by atoms with Crippen molar-refractivity contribution in [3.63, 3.8) is 0 Å². The fraction of sp³-hybridized carbons (Fsp3) is 0.417. The van der Waals surface area contributed by atoms with Crippen LogP contribution in [-0.2, 0) is 4.79 Å². The van der Waals surface area contributed by atoms with Crippen LogP contribution in [0, 0.1) is 11.6 Å². The van der Waals surface area contributed by atoms with Gasteiger partial charge >= 0.3 is 0 Å². The second-order valence-electron chi connectivity index (χ2n) is 4.19. The Balaban J connectivity index is 2.27. The van der Waals surface area contributed by atoms with E-state index < -0.39 is 17.7 Å². The maximum atomic E-state index is 13.6. The van der Waals surface area contributed by atoms with Crippen molar-refractivity contribution >= 4 is 17.5 Å². The molecule has 5 heteroatoms. The Morgan fingerprint density at radius 3 is 2.76 bits per heavy atom. The maximum absolute atomic E-state index is 13.6. The van der Waals surface area contributed by atoms with Crippen LogP contribution in [0.4, 0.5) is 8.78 Å². The maximum Gasteiger partial charge on any atom is 0.224 e. The first-order valence-electron chi connectivity index (χ1n) is 5.37. The number of halogens is 3. The van der Waals surface area contributed by atoms with Crippen molar-refractivity contribution in [1.82, 2.24) is 4.90 Å². The van der Waals surface area contributed by atoms with Crippen LogP contribution in [0.15, 0.2) is 18.2 Å². The summed E-state index contributed by atoms with van der Waals surface area (Å²) in [6, 6.07) is 2.75. The number of carbonyl (C=O) groups excluding carboxylic acids is 1. The van der Waals surface area contributed by atoms with Crippen molar-refractivity contribution in [2.24, 2.45) is 0 Å². The highest BCUT2D eigenvalue weighted by molar-refractivity contribution is 6.22. The van der Waals surface area contributed by atoms with Crippen LogP contribution in [0.3, 0.4) is 0 Å². The molecule has 0 radical (unpaired) electrons. The third kappa shape index (κ3) is 2.41. The summed E-state index contributed by atoms with van der Waals surface area (Å²) in [6.07, 6.45) is 0.253. The Morgan fingerprint density at radius 1 is 1.47 bits per heavy atom. The summed E-state index contributed by atoms with van der Waals surface area (Å²) < 4.78 is 26.6. The minimum atomic E-state index is -0.512. The first kappa shape index (κ1) is 12.3. The highest BCUT2D eigenvalue weighted by Crippen LogP contribution is 2.29. The van der Waals surface area contributed by atoms with Gasteiger partial charge in [-0.2, -0.15) is 0 Å². The Hall–Kier alpha value is -1.16. The number of carbonyl (C=O) groups is 1. The monoisotopic (exact) mass is 259 g/mol. The summed E-state index contributed by atoms with van der Waals surface area (Å²) in [5, 5.41) is -0.249. The molecule has 1 saturated heterocycles. The van der Waals surface area contributed by atoms with Crippen LogP contribution in [0.25, 0.3) is 0 Å². The normalized spacial score (nSPS) is 22.0. The number of nitrogens with zero attached hydrogens (tertiary/aromatic N) is 1. The zero-order valence-corrected chi connectivity index (χ0v) is 10.0. The van der Waals surface area contributed by atoms with Gasteiger partial charge in [0.15, 0.2) is 0 Å². The van der Waals surface area contributed by atoms with E-state index in [-0.39, 0.29) is 23.3 Å². The number of hydrogen-bond donors (Lipinski definition) is 0. The molecular weight excluding hydrogens is 248 g/mol. The molecule has 92 valence electrons. The van der Waals surface area contributed by atoms with Gasteiger partial charge in [-0.05, 0) is 25.1 Å². The van der Waals surface area contributed by atoms with E-state index >= 15 is 0 Å². The largest absolute Gasteiger partial charge is 0.334 e. The third-order valence-electron chi connectivity index (χ3n) is 2.99. The minimum Gasteiger partial charge on any atom is -0.334 e. The topological polar surface area (TPSA) is 20.3 Å². The van der Waals surface area contributed by atoms with Crippen LogP contribution >= 0.6 is 11.6 Å². The lowest BCUT2D eigenvalue weighted by Gasteiger charge is -2.25. The van der Waals surface area contributed by atoms with E-state index in [2.05, 4.69) is 0 Å². The van der Waals surface area contributed by atoms with Crippen LogP contribution in [-0.4, -0.2) is 22.7 Å². The van der Waals surface area contributed by atoms with Crippen molar-refractivity contribution in [2.75, 3.05) is 6.54 Å². The summed E-state index contributed by atoms with van der Waals surface area (Å²) in [4.78, 5) is 13.1. The molecule has 2 nitrogen and oxygen atoms in total. The van der Waals surface area contributed by atoms with E-state index in [4.69, 9.17) is 11.6 Å². The first-order valence-corrected chi connectivity index (χ1v) is 5.81. The second kappa shape index (κ2) is 4.61. The van der Waals surface area contributed by atoms with Gasteiger partial charge in [0.1, 0.15) is 11.6 Å². The summed E-state index contributed by atoms with van der Waals surface area (Å²) in [5.41, 5.74) is 0.184. The number of hydrogen-bond acceptors (Lipinski definition) is 1. The van der Waals surface area contributed by atoms with Gasteiger partial charge in [0, 0.05) is 18.5 Å². The first-order chi connectivity index (χ1) is 7.99. The number of amides is 1. The molecule has 1 aliphatic heterocycles. The quantitative estimate of drug-likeness (QED) is 0.748. The molecule has 0 spiro atoms. The van der Waals surface area contributed by atoms with Crippen LogP contribution in [0.2, 0.25) is 0 Å². The third-order valence-corrected chi connectivity index (χ3v) is 3.28. The van der Waals surface area contributed by atoms with E-state index in [1.165, 1.54) is 4.90 Å². The van der Waals surface area contributed by atoms with E-state index in [0.717, 1.165) is 18.2 Å². The lowest BCUT2D eigenvalue weighted by Crippen LogP contribution is -2.29. The molecule has 0 N–H and O–H groups in total. The van der Waals surface area contributed by atoms with Crippen molar-refractivity contribution in [3.8, 4) is 0 Å². The molecule has 1 aliphatic rings. The molecule has 1 aromatic rings. The van der Waals surface area contributed by atoms with Crippen LogP contribution < -0.4 is 0 Å². The number of alkyl halides is 1. The molecule has 1 aromatic carbocycles. The molecule has 0 bridgehead atoms. The predicted octanol–water partition coefficient (Wildman–Crippen LogP) is 2.87. The minimum absolute atomic E-state index is 0.124. The summed E-state index contributed by atoms with van der Waals surface area (Å²) >= 11 is 5.87. The zero-order valence-electron chi connectivity index (χ0n) is 9.29. The van der Waals surface area contributed by atoms with Crippen molar-refractivity contribution in [2.45, 2.75) is 24.8 Å². The van der Waals surface area contributed by atoms with Gasteiger partial charge < -0.3 is 4.90 Å². The van der Waals surface area contributed by atoms with Gasteiger partial charge in [-0.3, -0.25) is 4.79 Å². The molecule has 0 aliphatic carbocycles. The predicted molar refractivity (Wildman–Crippen MR) is 60.7 cm³/mol. The SMILES string of the molecule is CC(c1cc(F)ccc1F)N1CC(Cl)CC1=O. The summed E-state index contributed by atoms with van der Waals surface area (Å²) in [5.74, 6) is -1.15. The molecule has 1 heterocycles. The molecular formula is C12H12ClF2NO. The van der Waals surface area contributed by atoms with Crippen molar-refractivity contribution in [3.05, 3.63) is 35.4 Å². The second-order valence-corrected chi connectivity index (χ2v) is 4.81. The molecule has 2 rings (SSSR count). The lowest BCUT2D eigenvalue weighted by molar-refractivity contribution is -0.129. The van der Waals surface area contributed by atoms with Crippen molar-refractivity contribution in [1.29, 1.82) is 0 Å². The average Bonchev–Trinajstić information content (AvgIpc) is 2.60. The molecule has 2 unspecified atom stereocenters. The smallest absolute Gasteiger partial charge is 0.224 e. The lowest BCUT2D eigenvalue weighted by atomic mass is 10.1. The Kier molecular flexibility index (Phi) is 3.33. The molecule has 2 atom stereocenters. The van der Waals surface area contributed by atoms with Gasteiger partial charge in [0.25, 0.3) is 0 Å². The Morgan fingerprint density at radius 2 is 2.18 bits per heavy atom. The van der Waals surface area contributed by atoms with Crippen LogP contribution in [0.5, 0.6) is 0 Å². The highest BCUT2D eigenvalue weighted by atomic mass is 35.5. The number of benzene rings is 1. The summed E-state index contributed by atoms with van der Waals surface area (Å²) in [6.45, 7) is 2.04. The molecule has 1 fully saturated rings. The standard InChI is InChI=1S/C12H12ClF2NO/c1-7(16-6-8(13)4-12(16)17)10-5-9(14)2-3-11(10)15/h2-3,5,7-8H,4,6H2,1H3. The fourth-order valence-corrected chi connectivity index (χ4v) is 2.34. The number of rotatable bonds is 2. The van der Waals surface area contributed by atoms with Gasteiger partial charge in [-0.15, -0.1) is 11.6 Å². The van der Waals surface area contributed by atoms with E-state index in [1.807, 2.05) is 0 Å². The van der Waals surface area contributed by atoms with Gasteiger partial charge in [0.2, 0.25) is 5.91 Å². The highest BCUT2D eigenvalue weighted by Gasteiger charge is 2.32.